The number of benzene rings is 1. The minimum absolute atomic E-state index is 0.0523. The Morgan fingerprint density at radius 3 is 2.56 bits per heavy atom. The summed E-state index contributed by atoms with van der Waals surface area (Å²) < 4.78 is 0. The van der Waals surface area contributed by atoms with E-state index in [0.29, 0.717) is 11.3 Å². The van der Waals surface area contributed by atoms with Crippen molar-refractivity contribution in [3.05, 3.63) is 35.4 Å². The molecule has 1 aliphatic carbocycles. The highest BCUT2D eigenvalue weighted by Crippen LogP contribution is 2.32. The fourth-order valence-corrected chi connectivity index (χ4v) is 2.38. The summed E-state index contributed by atoms with van der Waals surface area (Å²) in [5.74, 6) is 0.599. The van der Waals surface area contributed by atoms with Crippen LogP contribution in [0.1, 0.15) is 43.2 Å². The van der Waals surface area contributed by atoms with Gasteiger partial charge in [-0.25, -0.2) is 0 Å². The van der Waals surface area contributed by atoms with E-state index in [1.807, 2.05) is 19.1 Å². The maximum absolute atomic E-state index is 12.0. The van der Waals surface area contributed by atoms with Gasteiger partial charge in [-0.1, -0.05) is 25.5 Å². The van der Waals surface area contributed by atoms with E-state index in [9.17, 15) is 4.79 Å². The highest BCUT2D eigenvalue weighted by molar-refractivity contribution is 5.88. The lowest BCUT2D eigenvalue weighted by atomic mass is 9.77. The van der Waals surface area contributed by atoms with Crippen LogP contribution in [0.5, 0.6) is 0 Å². The van der Waals surface area contributed by atoms with Gasteiger partial charge in [-0.15, -0.1) is 0 Å². The second kappa shape index (κ2) is 4.49. The Hall–Kier alpha value is -1.62. The number of hydrogen-bond acceptors (Lipinski definition) is 2. The van der Waals surface area contributed by atoms with Gasteiger partial charge in [0, 0.05) is 11.8 Å². The third-order valence-electron chi connectivity index (χ3n) is 3.40. The van der Waals surface area contributed by atoms with Crippen molar-refractivity contribution < 1.29 is 4.79 Å². The molecule has 16 heavy (non-hydrogen) atoms. The van der Waals surface area contributed by atoms with Gasteiger partial charge in [-0.2, -0.15) is 5.26 Å². The molecule has 1 aromatic carbocycles. The summed E-state index contributed by atoms with van der Waals surface area (Å²) in [4.78, 5) is 12.0. The van der Waals surface area contributed by atoms with Crippen molar-refractivity contribution in [2.75, 3.05) is 0 Å². The molecule has 0 spiro atoms. The Labute approximate surface area is 95.9 Å². The van der Waals surface area contributed by atoms with Crippen LogP contribution in [0.4, 0.5) is 0 Å². The van der Waals surface area contributed by atoms with Crippen LogP contribution in [0.15, 0.2) is 24.3 Å². The van der Waals surface area contributed by atoms with Gasteiger partial charge >= 0.3 is 0 Å². The third-order valence-corrected chi connectivity index (χ3v) is 3.40. The minimum atomic E-state index is 0.0523. The summed E-state index contributed by atoms with van der Waals surface area (Å²) in [5.41, 5.74) is 1.72. The van der Waals surface area contributed by atoms with Crippen LogP contribution in [0, 0.1) is 17.2 Å². The summed E-state index contributed by atoms with van der Waals surface area (Å²) >= 11 is 0. The van der Waals surface area contributed by atoms with Gasteiger partial charge < -0.3 is 0 Å². The van der Waals surface area contributed by atoms with Gasteiger partial charge in [-0.05, 0) is 30.5 Å². The number of nitrogens with zero attached hydrogens (tertiary/aromatic N) is 1. The maximum atomic E-state index is 12.0. The SMILES string of the molecule is CC1CCC[C@H](c2ccc(C#N)cc2)C1=O. The highest BCUT2D eigenvalue weighted by atomic mass is 16.1. The van der Waals surface area contributed by atoms with Gasteiger partial charge in [0.15, 0.2) is 0 Å². The van der Waals surface area contributed by atoms with Crippen molar-refractivity contribution in [1.29, 1.82) is 5.26 Å². The molecule has 2 nitrogen and oxygen atoms in total. The first kappa shape index (κ1) is 10.9. The standard InChI is InChI=1S/C14H15NO/c1-10-3-2-4-13(14(10)16)12-7-5-11(9-15)6-8-12/h5-8,10,13H,2-4H2,1H3/t10?,13-/m1/s1. The summed E-state index contributed by atoms with van der Waals surface area (Å²) in [5, 5.41) is 8.72. The summed E-state index contributed by atoms with van der Waals surface area (Å²) in [6, 6.07) is 9.51. The van der Waals surface area contributed by atoms with Gasteiger partial charge in [0.05, 0.1) is 11.6 Å². The zero-order valence-corrected chi connectivity index (χ0v) is 9.44. The molecule has 0 saturated heterocycles. The van der Waals surface area contributed by atoms with E-state index in [4.69, 9.17) is 5.26 Å². The molecule has 2 rings (SSSR count). The first-order valence-corrected chi connectivity index (χ1v) is 5.76. The van der Waals surface area contributed by atoms with Gasteiger partial charge in [-0.3, -0.25) is 4.79 Å². The minimum Gasteiger partial charge on any atom is -0.299 e. The first-order valence-electron chi connectivity index (χ1n) is 5.76. The molecule has 0 aromatic heterocycles. The number of nitriles is 1. The molecule has 82 valence electrons. The van der Waals surface area contributed by atoms with E-state index in [1.54, 1.807) is 12.1 Å². The topological polar surface area (TPSA) is 40.9 Å². The van der Waals surface area contributed by atoms with Gasteiger partial charge in [0.1, 0.15) is 5.78 Å². The Morgan fingerprint density at radius 1 is 1.25 bits per heavy atom. The van der Waals surface area contributed by atoms with Crippen molar-refractivity contribution in [2.24, 2.45) is 5.92 Å². The van der Waals surface area contributed by atoms with Gasteiger partial charge in [0.2, 0.25) is 0 Å². The fraction of sp³-hybridized carbons (Fsp3) is 0.429. The number of carbonyl (C=O) groups is 1. The van der Waals surface area contributed by atoms with Crippen molar-refractivity contribution in [3.63, 3.8) is 0 Å². The van der Waals surface area contributed by atoms with Crippen LogP contribution in [0.25, 0.3) is 0 Å². The van der Waals surface area contributed by atoms with Crippen LogP contribution < -0.4 is 0 Å². The molecule has 1 fully saturated rings. The summed E-state index contributed by atoms with van der Waals surface area (Å²) in [6.07, 6.45) is 3.10. The number of carbonyl (C=O) groups excluding carboxylic acids is 1. The van der Waals surface area contributed by atoms with Crippen molar-refractivity contribution in [1.82, 2.24) is 0 Å². The number of rotatable bonds is 1. The molecule has 2 heteroatoms. The first-order chi connectivity index (χ1) is 7.72. The van der Waals surface area contributed by atoms with E-state index in [-0.39, 0.29) is 11.8 Å². The molecule has 2 atom stereocenters. The van der Waals surface area contributed by atoms with Crippen LogP contribution in [0.3, 0.4) is 0 Å². The van der Waals surface area contributed by atoms with Crippen molar-refractivity contribution >= 4 is 5.78 Å². The Balaban J connectivity index is 2.23. The van der Waals surface area contributed by atoms with E-state index in [2.05, 4.69) is 6.07 Å². The van der Waals surface area contributed by atoms with Gasteiger partial charge in [0.25, 0.3) is 0 Å². The molecule has 1 aliphatic rings. The van der Waals surface area contributed by atoms with E-state index in [1.165, 1.54) is 0 Å². The zero-order valence-electron chi connectivity index (χ0n) is 9.44. The average molecular weight is 213 g/mol. The van der Waals surface area contributed by atoms with Crippen molar-refractivity contribution in [2.45, 2.75) is 32.1 Å². The molecular formula is C14H15NO. The molecule has 1 saturated carbocycles. The molecule has 1 unspecified atom stereocenters. The van der Waals surface area contributed by atoms with Crippen LogP contribution in [-0.2, 0) is 4.79 Å². The van der Waals surface area contributed by atoms with E-state index < -0.39 is 0 Å². The lowest BCUT2D eigenvalue weighted by molar-refractivity contribution is -0.125. The average Bonchev–Trinajstić information content (AvgIpc) is 2.33. The summed E-state index contributed by atoms with van der Waals surface area (Å²) in [7, 11) is 0. The lowest BCUT2D eigenvalue weighted by Gasteiger charge is -2.25. The molecule has 0 N–H and O–H groups in total. The Kier molecular flexibility index (Phi) is 3.05. The van der Waals surface area contributed by atoms with Crippen LogP contribution in [0.2, 0.25) is 0 Å². The smallest absolute Gasteiger partial charge is 0.143 e. The van der Waals surface area contributed by atoms with E-state index in [0.717, 1.165) is 24.8 Å². The van der Waals surface area contributed by atoms with Crippen LogP contribution in [-0.4, -0.2) is 5.78 Å². The highest BCUT2D eigenvalue weighted by Gasteiger charge is 2.28. The normalized spacial score (nSPS) is 25.1. The largest absolute Gasteiger partial charge is 0.299 e. The predicted octanol–water partition coefficient (Wildman–Crippen LogP) is 3.03. The fourth-order valence-electron chi connectivity index (χ4n) is 2.38. The molecule has 0 radical (unpaired) electrons. The van der Waals surface area contributed by atoms with E-state index >= 15 is 0 Å². The number of ketones is 1. The maximum Gasteiger partial charge on any atom is 0.143 e. The second-order valence-electron chi connectivity index (χ2n) is 4.52. The molecule has 0 bridgehead atoms. The molecule has 0 amide bonds. The summed E-state index contributed by atoms with van der Waals surface area (Å²) in [6.45, 7) is 2.01. The monoisotopic (exact) mass is 213 g/mol. The predicted molar refractivity (Wildman–Crippen MR) is 61.9 cm³/mol. The molecule has 0 heterocycles. The third kappa shape index (κ3) is 1.99. The zero-order chi connectivity index (χ0) is 11.5. The lowest BCUT2D eigenvalue weighted by Crippen LogP contribution is -2.24. The molecular weight excluding hydrogens is 198 g/mol. The van der Waals surface area contributed by atoms with Crippen LogP contribution >= 0.6 is 0 Å². The Bertz CT molecular complexity index is 427. The Morgan fingerprint density at radius 2 is 1.94 bits per heavy atom. The number of hydrogen-bond donors (Lipinski definition) is 0. The van der Waals surface area contributed by atoms with Crippen molar-refractivity contribution in [3.8, 4) is 6.07 Å². The number of Topliss-reactive ketones (excluding diaryl/α,β-unsaturated/α-hetero) is 1. The molecule has 0 aliphatic heterocycles. The quantitative estimate of drug-likeness (QED) is 0.719. The molecule has 1 aromatic rings. The second-order valence-corrected chi connectivity index (χ2v) is 4.52.